The summed E-state index contributed by atoms with van der Waals surface area (Å²) in [6.45, 7) is 5.97. The molecule has 156 valence electrons. The van der Waals surface area contributed by atoms with Crippen LogP contribution >= 0.6 is 12.6 Å². The molecular formula is C20H36N2O4S. The smallest absolute Gasteiger partial charge is 0.333 e. The van der Waals surface area contributed by atoms with Gasteiger partial charge in [0, 0.05) is 18.5 Å². The summed E-state index contributed by atoms with van der Waals surface area (Å²) in [5.41, 5.74) is 6.80. The first-order valence-electron chi connectivity index (χ1n) is 10.1. The molecule has 1 rings (SSSR count). The van der Waals surface area contributed by atoms with Crippen molar-refractivity contribution < 1.29 is 19.1 Å². The van der Waals surface area contributed by atoms with E-state index in [0.29, 0.717) is 18.6 Å². The third kappa shape index (κ3) is 8.66. The standard InChI is InChI=1S/C20H36N2O4S/c1-4-16(5-2)26-18-13-15(12-17(21)19(18)22-14(3)23)20(24)25-10-8-6-7-9-11-27/h13,16-19,27H,4-12,21H2,1-3H3,(H,22,23)/t17-,18+,19?/m0/s1. The van der Waals surface area contributed by atoms with Crippen molar-refractivity contribution in [2.75, 3.05) is 12.4 Å². The second-order valence-electron chi connectivity index (χ2n) is 7.10. The summed E-state index contributed by atoms with van der Waals surface area (Å²) in [5, 5.41) is 2.87. The number of rotatable bonds is 12. The van der Waals surface area contributed by atoms with E-state index in [0.717, 1.165) is 44.3 Å². The van der Waals surface area contributed by atoms with E-state index in [2.05, 4.69) is 31.8 Å². The fraction of sp³-hybridized carbons (Fsp3) is 0.800. The fourth-order valence-electron chi connectivity index (χ4n) is 3.22. The predicted molar refractivity (Wildman–Crippen MR) is 111 cm³/mol. The Morgan fingerprint density at radius 3 is 2.52 bits per heavy atom. The second-order valence-corrected chi connectivity index (χ2v) is 7.55. The highest BCUT2D eigenvalue weighted by Crippen LogP contribution is 2.24. The van der Waals surface area contributed by atoms with Crippen molar-refractivity contribution in [2.24, 2.45) is 5.73 Å². The summed E-state index contributed by atoms with van der Waals surface area (Å²) in [6, 6.07) is -0.739. The minimum atomic E-state index is -0.430. The number of carbonyl (C=O) groups excluding carboxylic acids is 2. The third-order valence-electron chi connectivity index (χ3n) is 4.81. The van der Waals surface area contributed by atoms with Crippen molar-refractivity contribution in [3.63, 3.8) is 0 Å². The molecule has 0 radical (unpaired) electrons. The molecule has 1 amide bonds. The van der Waals surface area contributed by atoms with Crippen LogP contribution in [-0.2, 0) is 19.1 Å². The largest absolute Gasteiger partial charge is 0.462 e. The molecule has 1 aliphatic rings. The zero-order valence-electron chi connectivity index (χ0n) is 16.9. The molecule has 0 saturated heterocycles. The number of esters is 1. The number of nitrogens with one attached hydrogen (secondary N) is 1. The van der Waals surface area contributed by atoms with E-state index in [1.54, 1.807) is 6.08 Å². The van der Waals surface area contributed by atoms with Crippen molar-refractivity contribution >= 4 is 24.5 Å². The number of hydrogen-bond acceptors (Lipinski definition) is 6. The Bertz CT molecular complexity index is 494. The van der Waals surface area contributed by atoms with Crippen LogP contribution in [0.1, 0.15) is 65.7 Å². The number of amides is 1. The van der Waals surface area contributed by atoms with Gasteiger partial charge in [0.1, 0.15) is 0 Å². The molecule has 0 aliphatic heterocycles. The van der Waals surface area contributed by atoms with Gasteiger partial charge in [0.05, 0.1) is 24.9 Å². The Hall–Kier alpha value is -1.05. The average Bonchev–Trinajstić information content (AvgIpc) is 2.64. The molecule has 0 aromatic rings. The van der Waals surface area contributed by atoms with Crippen LogP contribution in [0.25, 0.3) is 0 Å². The van der Waals surface area contributed by atoms with E-state index in [9.17, 15) is 9.59 Å². The van der Waals surface area contributed by atoms with Gasteiger partial charge in [-0.1, -0.05) is 26.7 Å². The summed E-state index contributed by atoms with van der Waals surface area (Å²) in [6.07, 6.45) is 7.53. The highest BCUT2D eigenvalue weighted by molar-refractivity contribution is 7.80. The number of nitrogens with two attached hydrogens (primary N) is 1. The first-order chi connectivity index (χ1) is 12.9. The van der Waals surface area contributed by atoms with Gasteiger partial charge in [-0.05, 0) is 43.9 Å². The van der Waals surface area contributed by atoms with Gasteiger partial charge < -0.3 is 20.5 Å². The van der Waals surface area contributed by atoms with Gasteiger partial charge in [-0.3, -0.25) is 4.79 Å². The summed E-state index contributed by atoms with van der Waals surface area (Å²) >= 11 is 4.19. The first-order valence-corrected chi connectivity index (χ1v) is 10.7. The molecule has 7 heteroatoms. The van der Waals surface area contributed by atoms with Gasteiger partial charge in [-0.15, -0.1) is 0 Å². The summed E-state index contributed by atoms with van der Waals surface area (Å²) in [7, 11) is 0. The van der Waals surface area contributed by atoms with Crippen LogP contribution in [0.5, 0.6) is 0 Å². The minimum absolute atomic E-state index is 0.0527. The maximum Gasteiger partial charge on any atom is 0.333 e. The summed E-state index contributed by atoms with van der Waals surface area (Å²) < 4.78 is 11.5. The van der Waals surface area contributed by atoms with Crippen molar-refractivity contribution in [1.82, 2.24) is 5.32 Å². The zero-order chi connectivity index (χ0) is 20.2. The zero-order valence-corrected chi connectivity index (χ0v) is 17.8. The Morgan fingerprint density at radius 1 is 1.26 bits per heavy atom. The van der Waals surface area contributed by atoms with E-state index in [-0.39, 0.29) is 24.0 Å². The van der Waals surface area contributed by atoms with Crippen molar-refractivity contribution in [2.45, 2.75) is 90.0 Å². The van der Waals surface area contributed by atoms with Crippen LogP contribution in [-0.4, -0.2) is 48.5 Å². The van der Waals surface area contributed by atoms with Crippen LogP contribution in [0, 0.1) is 0 Å². The highest BCUT2D eigenvalue weighted by atomic mass is 32.1. The molecule has 0 heterocycles. The Balaban J connectivity index is 2.72. The predicted octanol–water partition coefficient (Wildman–Crippen LogP) is 2.76. The molecule has 3 N–H and O–H groups in total. The van der Waals surface area contributed by atoms with Crippen LogP contribution in [0.3, 0.4) is 0 Å². The molecule has 0 fully saturated rings. The molecule has 3 atom stereocenters. The highest BCUT2D eigenvalue weighted by Gasteiger charge is 2.35. The van der Waals surface area contributed by atoms with Gasteiger partial charge >= 0.3 is 5.97 Å². The lowest BCUT2D eigenvalue weighted by Crippen LogP contribution is -2.57. The summed E-state index contributed by atoms with van der Waals surface area (Å²) in [4.78, 5) is 24.0. The molecule has 27 heavy (non-hydrogen) atoms. The van der Waals surface area contributed by atoms with E-state index in [1.807, 2.05) is 0 Å². The average molecular weight is 401 g/mol. The SMILES string of the molecule is CCC(CC)O[C@@H]1C=C(C(=O)OCCCCCCS)C[C@H](N)C1NC(C)=O. The number of carbonyl (C=O) groups is 2. The molecule has 0 spiro atoms. The van der Waals surface area contributed by atoms with Crippen molar-refractivity contribution in [3.8, 4) is 0 Å². The quantitative estimate of drug-likeness (QED) is 0.266. The molecule has 0 aromatic carbocycles. The van der Waals surface area contributed by atoms with Gasteiger partial charge in [0.15, 0.2) is 0 Å². The molecule has 0 saturated carbocycles. The molecular weight excluding hydrogens is 364 g/mol. The van der Waals surface area contributed by atoms with Gasteiger partial charge in [-0.2, -0.15) is 12.6 Å². The van der Waals surface area contributed by atoms with Gasteiger partial charge in [0.2, 0.25) is 5.91 Å². The lowest BCUT2D eigenvalue weighted by Gasteiger charge is -2.36. The monoisotopic (exact) mass is 400 g/mol. The van der Waals surface area contributed by atoms with E-state index >= 15 is 0 Å². The van der Waals surface area contributed by atoms with Gasteiger partial charge in [0.25, 0.3) is 0 Å². The Labute approximate surface area is 169 Å². The second kappa shape index (κ2) is 13.2. The number of thiol groups is 1. The van der Waals surface area contributed by atoms with Crippen LogP contribution in [0.2, 0.25) is 0 Å². The molecule has 0 aromatic heterocycles. The number of ether oxygens (including phenoxy) is 2. The topological polar surface area (TPSA) is 90.7 Å². The normalized spacial score (nSPS) is 22.4. The third-order valence-corrected chi connectivity index (χ3v) is 5.13. The molecule has 1 aliphatic carbocycles. The van der Waals surface area contributed by atoms with E-state index in [1.165, 1.54) is 6.92 Å². The molecule has 6 nitrogen and oxygen atoms in total. The van der Waals surface area contributed by atoms with E-state index in [4.69, 9.17) is 15.2 Å². The number of hydrogen-bond donors (Lipinski definition) is 3. The maximum absolute atomic E-state index is 12.4. The molecule has 1 unspecified atom stereocenters. The number of unbranched alkanes of at least 4 members (excludes halogenated alkanes) is 3. The van der Waals surface area contributed by atoms with Crippen LogP contribution in [0.15, 0.2) is 11.6 Å². The van der Waals surface area contributed by atoms with Crippen LogP contribution < -0.4 is 11.1 Å². The van der Waals surface area contributed by atoms with Gasteiger partial charge in [-0.25, -0.2) is 4.79 Å². The Kier molecular flexibility index (Phi) is 11.7. The fourth-order valence-corrected chi connectivity index (χ4v) is 3.45. The minimum Gasteiger partial charge on any atom is -0.462 e. The van der Waals surface area contributed by atoms with Crippen LogP contribution in [0.4, 0.5) is 0 Å². The first kappa shape index (κ1) is 24.0. The van der Waals surface area contributed by atoms with Crippen molar-refractivity contribution in [3.05, 3.63) is 11.6 Å². The Morgan fingerprint density at radius 2 is 1.93 bits per heavy atom. The lowest BCUT2D eigenvalue weighted by molar-refractivity contribution is -0.139. The van der Waals surface area contributed by atoms with Crippen molar-refractivity contribution in [1.29, 1.82) is 0 Å². The summed E-state index contributed by atoms with van der Waals surface area (Å²) in [5.74, 6) is 0.395. The van der Waals surface area contributed by atoms with E-state index < -0.39 is 12.1 Å². The molecule has 0 bridgehead atoms. The maximum atomic E-state index is 12.4. The lowest BCUT2D eigenvalue weighted by atomic mass is 9.88.